The summed E-state index contributed by atoms with van der Waals surface area (Å²) in [6.45, 7) is 1.33. The average Bonchev–Trinajstić information content (AvgIpc) is 2.61. The van der Waals surface area contributed by atoms with E-state index in [4.69, 9.17) is 16.3 Å². The Bertz CT molecular complexity index is 724. The molecule has 0 aliphatic carbocycles. The summed E-state index contributed by atoms with van der Waals surface area (Å²) in [5.41, 5.74) is 3.44. The molecule has 0 saturated heterocycles. The van der Waals surface area contributed by atoms with E-state index in [-0.39, 0.29) is 0 Å². The van der Waals surface area contributed by atoms with Gasteiger partial charge in [0.2, 0.25) is 0 Å². The Hall–Kier alpha value is -2.45. The van der Waals surface area contributed by atoms with Crippen LogP contribution in [0.1, 0.15) is 11.1 Å². The Morgan fingerprint density at radius 2 is 1.39 bits per heavy atom. The van der Waals surface area contributed by atoms with Gasteiger partial charge in [0.25, 0.3) is 0 Å². The van der Waals surface area contributed by atoms with E-state index in [2.05, 4.69) is 29.6 Å². The maximum atomic E-state index is 5.87. The Morgan fingerprint density at radius 1 is 0.739 bits per heavy atom. The smallest absolute Gasteiger partial charge is 0.119 e. The molecule has 0 aromatic heterocycles. The van der Waals surface area contributed by atoms with E-state index in [1.54, 1.807) is 0 Å². The van der Waals surface area contributed by atoms with Gasteiger partial charge in [-0.15, -0.1) is 0 Å². The summed E-state index contributed by atoms with van der Waals surface area (Å²) >= 11 is 5.87. The van der Waals surface area contributed by atoms with Gasteiger partial charge in [0.1, 0.15) is 12.4 Å². The molecule has 0 saturated carbocycles. The number of rotatable bonds is 6. The first-order valence-corrected chi connectivity index (χ1v) is 7.92. The SMILES string of the molecule is Clc1ccc(COc2ccc(CNc3ccccc3)cc2)cc1. The number of para-hydroxylation sites is 1. The van der Waals surface area contributed by atoms with Gasteiger partial charge in [-0.25, -0.2) is 0 Å². The number of anilines is 1. The van der Waals surface area contributed by atoms with E-state index < -0.39 is 0 Å². The number of halogens is 1. The van der Waals surface area contributed by atoms with E-state index >= 15 is 0 Å². The van der Waals surface area contributed by atoms with Crippen LogP contribution in [0.5, 0.6) is 5.75 Å². The van der Waals surface area contributed by atoms with Crippen molar-refractivity contribution in [3.8, 4) is 5.75 Å². The fraction of sp³-hybridized carbons (Fsp3) is 0.100. The van der Waals surface area contributed by atoms with Gasteiger partial charge in [-0.3, -0.25) is 0 Å². The zero-order valence-corrected chi connectivity index (χ0v) is 13.5. The highest BCUT2D eigenvalue weighted by atomic mass is 35.5. The molecule has 0 atom stereocenters. The first-order chi connectivity index (χ1) is 11.3. The molecule has 0 amide bonds. The molecule has 3 aromatic carbocycles. The number of hydrogen-bond acceptors (Lipinski definition) is 2. The van der Waals surface area contributed by atoms with Crippen molar-refractivity contribution in [1.29, 1.82) is 0 Å². The largest absolute Gasteiger partial charge is 0.489 e. The monoisotopic (exact) mass is 323 g/mol. The van der Waals surface area contributed by atoms with Gasteiger partial charge in [0.05, 0.1) is 0 Å². The van der Waals surface area contributed by atoms with Crippen molar-refractivity contribution < 1.29 is 4.74 Å². The second-order valence-electron chi connectivity index (χ2n) is 5.28. The van der Waals surface area contributed by atoms with Crippen LogP contribution in [-0.4, -0.2) is 0 Å². The van der Waals surface area contributed by atoms with E-state index in [9.17, 15) is 0 Å². The first kappa shape index (κ1) is 15.4. The van der Waals surface area contributed by atoms with Gasteiger partial charge < -0.3 is 10.1 Å². The van der Waals surface area contributed by atoms with Gasteiger partial charge >= 0.3 is 0 Å². The van der Waals surface area contributed by atoms with Crippen molar-refractivity contribution in [2.75, 3.05) is 5.32 Å². The molecule has 0 heterocycles. The summed E-state index contributed by atoms with van der Waals surface area (Å²) in [7, 11) is 0. The van der Waals surface area contributed by atoms with E-state index in [1.165, 1.54) is 5.56 Å². The molecular formula is C20H18ClNO. The van der Waals surface area contributed by atoms with Crippen molar-refractivity contribution in [3.05, 3.63) is 95.0 Å². The molecule has 3 aromatic rings. The van der Waals surface area contributed by atoms with Gasteiger partial charge in [0, 0.05) is 17.3 Å². The van der Waals surface area contributed by atoms with Gasteiger partial charge in [-0.1, -0.05) is 54.1 Å². The number of hydrogen-bond donors (Lipinski definition) is 1. The molecular weight excluding hydrogens is 306 g/mol. The van der Waals surface area contributed by atoms with Crippen LogP contribution >= 0.6 is 11.6 Å². The Balaban J connectivity index is 1.51. The summed E-state index contributed by atoms with van der Waals surface area (Å²) in [6.07, 6.45) is 0. The molecule has 23 heavy (non-hydrogen) atoms. The molecule has 2 nitrogen and oxygen atoms in total. The molecule has 3 rings (SSSR count). The molecule has 0 aliphatic rings. The van der Waals surface area contributed by atoms with Crippen LogP contribution < -0.4 is 10.1 Å². The molecule has 0 radical (unpaired) electrons. The van der Waals surface area contributed by atoms with Crippen LogP contribution in [-0.2, 0) is 13.2 Å². The number of benzene rings is 3. The lowest BCUT2D eigenvalue weighted by Gasteiger charge is -2.09. The quantitative estimate of drug-likeness (QED) is 0.644. The third-order valence-corrected chi connectivity index (χ3v) is 3.76. The van der Waals surface area contributed by atoms with Crippen LogP contribution in [0.25, 0.3) is 0 Å². The van der Waals surface area contributed by atoms with Crippen LogP contribution in [0.4, 0.5) is 5.69 Å². The fourth-order valence-electron chi connectivity index (χ4n) is 2.21. The van der Waals surface area contributed by atoms with Crippen molar-refractivity contribution >= 4 is 17.3 Å². The fourth-order valence-corrected chi connectivity index (χ4v) is 2.34. The first-order valence-electron chi connectivity index (χ1n) is 7.55. The van der Waals surface area contributed by atoms with Crippen LogP contribution in [0.3, 0.4) is 0 Å². The molecule has 0 spiro atoms. The predicted molar refractivity (Wildman–Crippen MR) is 96.0 cm³/mol. The summed E-state index contributed by atoms with van der Waals surface area (Å²) in [5, 5.41) is 4.13. The van der Waals surface area contributed by atoms with Crippen molar-refractivity contribution in [2.24, 2.45) is 0 Å². The van der Waals surface area contributed by atoms with Crippen molar-refractivity contribution in [1.82, 2.24) is 0 Å². The number of ether oxygens (including phenoxy) is 1. The molecule has 0 unspecified atom stereocenters. The summed E-state index contributed by atoms with van der Waals surface area (Å²) in [5.74, 6) is 0.864. The Morgan fingerprint density at radius 3 is 2.09 bits per heavy atom. The Kier molecular flexibility index (Phi) is 5.17. The summed E-state index contributed by atoms with van der Waals surface area (Å²) in [6, 6.07) is 26.0. The van der Waals surface area contributed by atoms with E-state index in [1.807, 2.05) is 54.6 Å². The molecule has 0 aliphatic heterocycles. The minimum Gasteiger partial charge on any atom is -0.489 e. The van der Waals surface area contributed by atoms with Crippen LogP contribution in [0.2, 0.25) is 5.02 Å². The molecule has 3 heteroatoms. The average molecular weight is 324 g/mol. The number of nitrogens with one attached hydrogen (secondary N) is 1. The van der Waals surface area contributed by atoms with E-state index in [0.29, 0.717) is 6.61 Å². The second-order valence-corrected chi connectivity index (χ2v) is 5.72. The Labute approximate surface area is 141 Å². The zero-order valence-electron chi connectivity index (χ0n) is 12.7. The maximum absolute atomic E-state index is 5.87. The summed E-state index contributed by atoms with van der Waals surface area (Å²) in [4.78, 5) is 0. The lowest BCUT2D eigenvalue weighted by atomic mass is 10.2. The highest BCUT2D eigenvalue weighted by Gasteiger charge is 1.98. The third-order valence-electron chi connectivity index (χ3n) is 3.51. The highest BCUT2D eigenvalue weighted by molar-refractivity contribution is 6.30. The van der Waals surface area contributed by atoms with E-state index in [0.717, 1.165) is 28.6 Å². The van der Waals surface area contributed by atoms with Crippen LogP contribution in [0, 0.1) is 0 Å². The molecule has 1 N–H and O–H groups in total. The zero-order chi connectivity index (χ0) is 15.9. The highest BCUT2D eigenvalue weighted by Crippen LogP contribution is 2.16. The third kappa shape index (κ3) is 4.76. The lowest BCUT2D eigenvalue weighted by Crippen LogP contribution is -1.99. The molecule has 0 bridgehead atoms. The van der Waals surface area contributed by atoms with Crippen molar-refractivity contribution in [2.45, 2.75) is 13.2 Å². The topological polar surface area (TPSA) is 21.3 Å². The maximum Gasteiger partial charge on any atom is 0.119 e. The minimum atomic E-state index is 0.540. The predicted octanol–water partition coefficient (Wildman–Crippen LogP) is 5.53. The van der Waals surface area contributed by atoms with Gasteiger partial charge in [-0.2, -0.15) is 0 Å². The molecule has 0 fully saturated rings. The molecule has 116 valence electrons. The standard InChI is InChI=1S/C20H18ClNO/c21-18-10-6-17(7-11-18)15-23-20-12-8-16(9-13-20)14-22-19-4-2-1-3-5-19/h1-13,22H,14-15H2. The second kappa shape index (κ2) is 7.70. The summed E-state index contributed by atoms with van der Waals surface area (Å²) < 4.78 is 5.79. The van der Waals surface area contributed by atoms with Crippen LogP contribution in [0.15, 0.2) is 78.9 Å². The minimum absolute atomic E-state index is 0.540. The van der Waals surface area contributed by atoms with Gasteiger partial charge in [0.15, 0.2) is 0 Å². The lowest BCUT2D eigenvalue weighted by molar-refractivity contribution is 0.306. The van der Waals surface area contributed by atoms with Crippen molar-refractivity contribution in [3.63, 3.8) is 0 Å². The van der Waals surface area contributed by atoms with Gasteiger partial charge in [-0.05, 0) is 47.5 Å². The normalized spacial score (nSPS) is 10.3.